The molecule has 0 saturated carbocycles. The normalized spacial score (nSPS) is 22.9. The van der Waals surface area contributed by atoms with Gasteiger partial charge in [-0.25, -0.2) is 0 Å². The smallest absolute Gasteiger partial charge is 0.406 e. The monoisotopic (exact) mass is 317 g/mol. The Labute approximate surface area is 128 Å². The Bertz CT molecular complexity index is 523. The van der Waals surface area contributed by atoms with Crippen LogP contribution in [0.4, 0.5) is 13.2 Å². The van der Waals surface area contributed by atoms with Crippen LogP contribution in [0, 0.1) is 0 Å². The maximum absolute atomic E-state index is 12.5. The minimum Gasteiger partial charge on any atom is -0.406 e. The quantitative estimate of drug-likeness (QED) is 0.914. The summed E-state index contributed by atoms with van der Waals surface area (Å²) in [5, 5.41) is 0. The largest absolute Gasteiger partial charge is 0.573 e. The molecule has 0 radical (unpaired) electrons. The van der Waals surface area contributed by atoms with Gasteiger partial charge in [0.15, 0.2) is 0 Å². The lowest BCUT2D eigenvalue weighted by Crippen LogP contribution is -2.20. The number of halogens is 3. The summed E-state index contributed by atoms with van der Waals surface area (Å²) in [5.74, 6) is -0.199. The van der Waals surface area contributed by atoms with Gasteiger partial charge < -0.3 is 15.2 Å². The van der Waals surface area contributed by atoms with E-state index in [2.05, 4.69) is 4.74 Å². The molecule has 1 fully saturated rings. The topological polar surface area (TPSA) is 44.5 Å². The van der Waals surface area contributed by atoms with Gasteiger partial charge >= 0.3 is 6.36 Å². The minimum absolute atomic E-state index is 0.0322. The fraction of sp³-hybridized carbons (Fsp3) is 0.625. The molecule has 1 heterocycles. The predicted octanol–water partition coefficient (Wildman–Crippen LogP) is 4.06. The second kappa shape index (κ2) is 6.08. The van der Waals surface area contributed by atoms with Gasteiger partial charge in [-0.1, -0.05) is 26.8 Å². The van der Waals surface area contributed by atoms with Crippen molar-refractivity contribution in [1.29, 1.82) is 0 Å². The molecule has 1 aromatic rings. The summed E-state index contributed by atoms with van der Waals surface area (Å²) in [6, 6.07) is 4.74. The molecule has 124 valence electrons. The molecule has 1 aromatic carbocycles. The van der Waals surface area contributed by atoms with E-state index in [0.717, 1.165) is 18.4 Å². The summed E-state index contributed by atoms with van der Waals surface area (Å²) < 4.78 is 47.5. The minimum atomic E-state index is -4.70. The average molecular weight is 317 g/mol. The molecule has 6 heteroatoms. The average Bonchev–Trinajstić information content (AvgIpc) is 2.84. The molecule has 1 aliphatic rings. The van der Waals surface area contributed by atoms with Crippen LogP contribution in [0.1, 0.15) is 50.8 Å². The van der Waals surface area contributed by atoms with Gasteiger partial charge in [0.1, 0.15) is 5.75 Å². The number of nitrogens with two attached hydrogens (primary N) is 1. The van der Waals surface area contributed by atoms with Crippen LogP contribution in [0.2, 0.25) is 0 Å². The number of benzene rings is 1. The molecule has 2 atom stereocenters. The van der Waals surface area contributed by atoms with Gasteiger partial charge in [0.25, 0.3) is 0 Å². The zero-order valence-corrected chi connectivity index (χ0v) is 13.0. The standard InChI is InChI=1S/C16H22F3NO2/c1-15(2,3)11-6-10(14-5-4-12(9-20)21-14)7-13(8-11)22-16(17,18)19/h6-8,12,14H,4-5,9,20H2,1-3H3/t12-,14?/m0/s1. The maximum atomic E-state index is 12.5. The highest BCUT2D eigenvalue weighted by Gasteiger charge is 2.33. The van der Waals surface area contributed by atoms with E-state index in [1.54, 1.807) is 0 Å². The van der Waals surface area contributed by atoms with E-state index in [4.69, 9.17) is 10.5 Å². The van der Waals surface area contributed by atoms with Gasteiger partial charge in [-0.05, 0) is 41.5 Å². The summed E-state index contributed by atoms with van der Waals surface area (Å²) in [6.07, 6.45) is -3.40. The molecular weight excluding hydrogens is 295 g/mol. The number of hydrogen-bond donors (Lipinski definition) is 1. The summed E-state index contributed by atoms with van der Waals surface area (Å²) >= 11 is 0. The number of rotatable bonds is 3. The fourth-order valence-electron chi connectivity index (χ4n) is 2.56. The highest BCUT2D eigenvalue weighted by molar-refractivity contribution is 5.39. The molecule has 1 aliphatic heterocycles. The molecule has 22 heavy (non-hydrogen) atoms. The van der Waals surface area contributed by atoms with E-state index in [9.17, 15) is 13.2 Å². The van der Waals surface area contributed by atoms with Crippen LogP contribution in [0.15, 0.2) is 18.2 Å². The molecule has 0 aliphatic carbocycles. The third-order valence-corrected chi connectivity index (χ3v) is 3.77. The van der Waals surface area contributed by atoms with Crippen molar-refractivity contribution < 1.29 is 22.6 Å². The summed E-state index contributed by atoms with van der Waals surface area (Å²) in [5.41, 5.74) is 6.79. The zero-order valence-electron chi connectivity index (χ0n) is 13.0. The first-order valence-corrected chi connectivity index (χ1v) is 7.35. The van der Waals surface area contributed by atoms with Crippen LogP contribution in [0.25, 0.3) is 0 Å². The lowest BCUT2D eigenvalue weighted by molar-refractivity contribution is -0.274. The van der Waals surface area contributed by atoms with Crippen molar-refractivity contribution in [3.05, 3.63) is 29.3 Å². The Kier molecular flexibility index (Phi) is 4.73. The molecule has 0 spiro atoms. The Balaban J connectivity index is 2.34. The Hall–Kier alpha value is -1.27. The van der Waals surface area contributed by atoms with Gasteiger partial charge in [0.05, 0.1) is 12.2 Å². The van der Waals surface area contributed by atoms with E-state index < -0.39 is 6.36 Å². The molecular formula is C16H22F3NO2. The van der Waals surface area contributed by atoms with Gasteiger partial charge in [0.2, 0.25) is 0 Å². The number of alkyl halides is 3. The number of ether oxygens (including phenoxy) is 2. The highest BCUT2D eigenvalue weighted by atomic mass is 19.4. The predicted molar refractivity (Wildman–Crippen MR) is 77.7 cm³/mol. The van der Waals surface area contributed by atoms with E-state index >= 15 is 0 Å². The third-order valence-electron chi connectivity index (χ3n) is 3.77. The highest BCUT2D eigenvalue weighted by Crippen LogP contribution is 2.38. The van der Waals surface area contributed by atoms with Gasteiger partial charge in [-0.15, -0.1) is 13.2 Å². The summed E-state index contributed by atoms with van der Waals surface area (Å²) in [7, 11) is 0. The second-order valence-corrected chi connectivity index (χ2v) is 6.65. The van der Waals surface area contributed by atoms with E-state index in [1.165, 1.54) is 12.1 Å². The van der Waals surface area contributed by atoms with Crippen LogP contribution in [-0.2, 0) is 10.2 Å². The molecule has 0 bridgehead atoms. The number of hydrogen-bond acceptors (Lipinski definition) is 3. The van der Waals surface area contributed by atoms with Crippen molar-refractivity contribution in [2.75, 3.05) is 6.54 Å². The molecule has 1 saturated heterocycles. The van der Waals surface area contributed by atoms with E-state index in [-0.39, 0.29) is 23.4 Å². The summed E-state index contributed by atoms with van der Waals surface area (Å²) in [4.78, 5) is 0. The van der Waals surface area contributed by atoms with E-state index in [1.807, 2.05) is 26.8 Å². The zero-order chi connectivity index (χ0) is 16.5. The molecule has 0 aromatic heterocycles. The van der Waals surface area contributed by atoms with Gasteiger partial charge in [0, 0.05) is 6.54 Å². The summed E-state index contributed by atoms with van der Waals surface area (Å²) in [6.45, 7) is 6.26. The van der Waals surface area contributed by atoms with Crippen LogP contribution >= 0.6 is 0 Å². The van der Waals surface area contributed by atoms with Crippen molar-refractivity contribution in [2.24, 2.45) is 5.73 Å². The molecule has 0 amide bonds. The van der Waals surface area contributed by atoms with Crippen LogP contribution in [-0.4, -0.2) is 19.0 Å². The molecule has 2 N–H and O–H groups in total. The molecule has 3 nitrogen and oxygen atoms in total. The molecule has 2 rings (SSSR count). The van der Waals surface area contributed by atoms with Crippen molar-refractivity contribution in [3.8, 4) is 5.75 Å². The fourth-order valence-corrected chi connectivity index (χ4v) is 2.56. The molecule has 1 unspecified atom stereocenters. The lowest BCUT2D eigenvalue weighted by atomic mass is 9.85. The van der Waals surface area contributed by atoms with Crippen molar-refractivity contribution >= 4 is 0 Å². The third kappa shape index (κ3) is 4.36. The van der Waals surface area contributed by atoms with Gasteiger partial charge in [-0.3, -0.25) is 0 Å². The van der Waals surface area contributed by atoms with Crippen molar-refractivity contribution in [1.82, 2.24) is 0 Å². The SMILES string of the molecule is CC(C)(C)c1cc(OC(F)(F)F)cc(C2CC[C@@H](CN)O2)c1. The van der Waals surface area contributed by atoms with Crippen molar-refractivity contribution in [2.45, 2.75) is 57.6 Å². The lowest BCUT2D eigenvalue weighted by Gasteiger charge is -2.23. The first-order chi connectivity index (χ1) is 10.1. The Morgan fingerprint density at radius 3 is 2.36 bits per heavy atom. The van der Waals surface area contributed by atoms with Gasteiger partial charge in [-0.2, -0.15) is 0 Å². The first-order valence-electron chi connectivity index (χ1n) is 7.35. The Morgan fingerprint density at radius 2 is 1.86 bits per heavy atom. The van der Waals surface area contributed by atoms with Crippen LogP contribution in [0.3, 0.4) is 0 Å². The van der Waals surface area contributed by atoms with E-state index in [0.29, 0.717) is 12.1 Å². The van der Waals surface area contributed by atoms with Crippen molar-refractivity contribution in [3.63, 3.8) is 0 Å². The van der Waals surface area contributed by atoms with Crippen LogP contribution < -0.4 is 10.5 Å². The first kappa shape index (κ1) is 17.1. The second-order valence-electron chi connectivity index (χ2n) is 6.65. The maximum Gasteiger partial charge on any atom is 0.573 e. The Morgan fingerprint density at radius 1 is 1.18 bits per heavy atom. The van der Waals surface area contributed by atoms with Crippen LogP contribution in [0.5, 0.6) is 5.75 Å².